The van der Waals surface area contributed by atoms with Crippen molar-refractivity contribution in [2.24, 2.45) is 0 Å². The highest BCUT2D eigenvalue weighted by molar-refractivity contribution is 7.87. The Hall–Kier alpha value is -3.14. The summed E-state index contributed by atoms with van der Waals surface area (Å²) >= 11 is 5.88. The van der Waals surface area contributed by atoms with Gasteiger partial charge in [0.25, 0.3) is 0 Å². The van der Waals surface area contributed by atoms with Gasteiger partial charge in [-0.25, -0.2) is 9.18 Å². The van der Waals surface area contributed by atoms with Gasteiger partial charge in [-0.2, -0.15) is 8.42 Å². The number of anilines is 1. The topological polar surface area (TPSA) is 84.9 Å². The summed E-state index contributed by atoms with van der Waals surface area (Å²) in [5.41, 5.74) is 1.22. The summed E-state index contributed by atoms with van der Waals surface area (Å²) in [6.07, 6.45) is 0. The SMILES string of the molecule is COCCN(Cc1cccc(OS(=O)(=O)c2ccc(F)cc2)c1)C(=O)Nc1ccc(Cl)cc1. The number of nitrogens with one attached hydrogen (secondary N) is 1. The lowest BCUT2D eigenvalue weighted by Crippen LogP contribution is -2.36. The second-order valence-electron chi connectivity index (χ2n) is 6.99. The number of methoxy groups -OCH3 is 1. The van der Waals surface area contributed by atoms with Gasteiger partial charge in [0.2, 0.25) is 0 Å². The van der Waals surface area contributed by atoms with Crippen molar-refractivity contribution in [2.75, 3.05) is 25.6 Å². The van der Waals surface area contributed by atoms with E-state index in [1.54, 1.807) is 36.4 Å². The minimum absolute atomic E-state index is 0.0709. The van der Waals surface area contributed by atoms with Gasteiger partial charge in [-0.3, -0.25) is 0 Å². The standard InChI is InChI=1S/C23H22ClFN2O5S/c1-31-14-13-27(23(28)26-20-9-5-18(24)6-10-20)16-17-3-2-4-21(15-17)32-33(29,30)22-11-7-19(25)8-12-22/h2-12,15H,13-14,16H2,1H3,(H,26,28). The third-order valence-corrected chi connectivity index (χ3v) is 6.04. The van der Waals surface area contributed by atoms with Crippen LogP contribution in [0.2, 0.25) is 5.02 Å². The molecule has 0 heterocycles. The van der Waals surface area contributed by atoms with Crippen molar-refractivity contribution in [3.05, 3.63) is 89.2 Å². The van der Waals surface area contributed by atoms with Crippen LogP contribution in [0.3, 0.4) is 0 Å². The first-order valence-corrected chi connectivity index (χ1v) is 11.6. The van der Waals surface area contributed by atoms with Gasteiger partial charge in [-0.15, -0.1) is 0 Å². The molecule has 174 valence electrons. The summed E-state index contributed by atoms with van der Waals surface area (Å²) in [6.45, 7) is 0.786. The van der Waals surface area contributed by atoms with Crippen LogP contribution >= 0.6 is 11.6 Å². The van der Waals surface area contributed by atoms with Gasteiger partial charge in [0.15, 0.2) is 0 Å². The third kappa shape index (κ3) is 7.18. The highest BCUT2D eigenvalue weighted by atomic mass is 35.5. The maximum absolute atomic E-state index is 13.1. The Morgan fingerprint density at radius 3 is 2.42 bits per heavy atom. The maximum Gasteiger partial charge on any atom is 0.339 e. The number of carbonyl (C=O) groups excluding carboxylic acids is 1. The van der Waals surface area contributed by atoms with Crippen molar-refractivity contribution >= 4 is 33.4 Å². The van der Waals surface area contributed by atoms with Gasteiger partial charge < -0.3 is 19.1 Å². The number of hydrogen-bond donors (Lipinski definition) is 1. The lowest BCUT2D eigenvalue weighted by Gasteiger charge is -2.23. The molecule has 0 aromatic heterocycles. The Morgan fingerprint density at radius 2 is 1.76 bits per heavy atom. The molecule has 0 aliphatic heterocycles. The van der Waals surface area contributed by atoms with Gasteiger partial charge >= 0.3 is 16.1 Å². The average molecular weight is 493 g/mol. The number of halogens is 2. The maximum atomic E-state index is 13.1. The van der Waals surface area contributed by atoms with Crippen molar-refractivity contribution in [2.45, 2.75) is 11.4 Å². The first-order valence-electron chi connectivity index (χ1n) is 9.86. The molecule has 3 aromatic carbocycles. The summed E-state index contributed by atoms with van der Waals surface area (Å²) in [5.74, 6) is -0.481. The van der Waals surface area contributed by atoms with Crippen LogP contribution in [0.25, 0.3) is 0 Å². The second kappa shape index (κ2) is 11.1. The minimum atomic E-state index is -4.14. The van der Waals surface area contributed by atoms with Gasteiger partial charge in [0, 0.05) is 30.9 Å². The van der Waals surface area contributed by atoms with Crippen LogP contribution in [0.4, 0.5) is 14.9 Å². The number of nitrogens with zero attached hydrogens (tertiary/aromatic N) is 1. The van der Waals surface area contributed by atoms with Crippen LogP contribution in [0, 0.1) is 5.82 Å². The van der Waals surface area contributed by atoms with E-state index in [0.717, 1.165) is 24.3 Å². The average Bonchev–Trinajstić information content (AvgIpc) is 2.78. The van der Waals surface area contributed by atoms with E-state index in [4.69, 9.17) is 20.5 Å². The van der Waals surface area contributed by atoms with E-state index < -0.39 is 15.9 Å². The van der Waals surface area contributed by atoms with Gasteiger partial charge in [0.1, 0.15) is 16.5 Å². The fraction of sp³-hybridized carbons (Fsp3) is 0.174. The number of urea groups is 1. The van der Waals surface area contributed by atoms with E-state index in [-0.39, 0.29) is 23.2 Å². The smallest absolute Gasteiger partial charge is 0.339 e. The third-order valence-electron chi connectivity index (χ3n) is 4.53. The Kier molecular flexibility index (Phi) is 8.26. The van der Waals surface area contributed by atoms with E-state index in [0.29, 0.717) is 29.4 Å². The van der Waals surface area contributed by atoms with E-state index in [1.807, 2.05) is 0 Å². The number of ether oxygens (including phenoxy) is 1. The number of hydrogen-bond acceptors (Lipinski definition) is 5. The molecule has 0 aliphatic carbocycles. The van der Waals surface area contributed by atoms with Crippen LogP contribution in [0.1, 0.15) is 5.56 Å². The Labute approximate surface area is 196 Å². The summed E-state index contributed by atoms with van der Waals surface area (Å²) in [5, 5.41) is 3.34. The number of rotatable bonds is 9. The quantitative estimate of drug-likeness (QED) is 0.428. The molecule has 33 heavy (non-hydrogen) atoms. The van der Waals surface area contributed by atoms with Crippen molar-refractivity contribution in [1.82, 2.24) is 4.90 Å². The Morgan fingerprint density at radius 1 is 1.06 bits per heavy atom. The second-order valence-corrected chi connectivity index (χ2v) is 8.97. The minimum Gasteiger partial charge on any atom is -0.383 e. The van der Waals surface area contributed by atoms with Crippen LogP contribution < -0.4 is 9.50 Å². The molecule has 3 aromatic rings. The fourth-order valence-electron chi connectivity index (χ4n) is 2.88. The summed E-state index contributed by atoms with van der Waals surface area (Å²) in [7, 11) is -2.61. The molecule has 0 aliphatic rings. The van der Waals surface area contributed by atoms with Gasteiger partial charge in [-0.05, 0) is 66.2 Å². The van der Waals surface area contributed by atoms with Gasteiger partial charge in [0.05, 0.1) is 6.61 Å². The molecule has 7 nitrogen and oxygen atoms in total. The highest BCUT2D eigenvalue weighted by Crippen LogP contribution is 2.21. The molecule has 0 spiro atoms. The van der Waals surface area contributed by atoms with Crippen molar-refractivity contribution in [1.29, 1.82) is 0 Å². The van der Waals surface area contributed by atoms with Gasteiger partial charge in [-0.1, -0.05) is 23.7 Å². The first-order chi connectivity index (χ1) is 15.8. The predicted octanol–water partition coefficient (Wildman–Crippen LogP) is 4.93. The largest absolute Gasteiger partial charge is 0.383 e. The predicted molar refractivity (Wildman–Crippen MR) is 123 cm³/mol. The van der Waals surface area contributed by atoms with Crippen molar-refractivity contribution in [3.8, 4) is 5.75 Å². The molecule has 0 bridgehead atoms. The normalized spacial score (nSPS) is 11.1. The number of carbonyl (C=O) groups is 1. The molecular weight excluding hydrogens is 471 g/mol. The number of benzene rings is 3. The van der Waals surface area contributed by atoms with Crippen molar-refractivity contribution in [3.63, 3.8) is 0 Å². The molecule has 0 unspecified atom stereocenters. The zero-order valence-corrected chi connectivity index (χ0v) is 19.3. The van der Waals surface area contributed by atoms with Crippen LogP contribution in [0.5, 0.6) is 5.75 Å². The molecule has 0 radical (unpaired) electrons. The highest BCUT2D eigenvalue weighted by Gasteiger charge is 2.18. The van der Waals surface area contributed by atoms with E-state index >= 15 is 0 Å². The molecule has 0 atom stereocenters. The molecular formula is C23H22ClFN2O5S. The summed E-state index contributed by atoms with van der Waals surface area (Å²) < 4.78 is 48.3. The van der Waals surface area contributed by atoms with Crippen LogP contribution in [-0.2, 0) is 21.4 Å². The lowest BCUT2D eigenvalue weighted by molar-refractivity contribution is 0.153. The molecule has 3 rings (SSSR count). The lowest BCUT2D eigenvalue weighted by atomic mass is 10.2. The molecule has 0 saturated heterocycles. The molecule has 10 heteroatoms. The number of amides is 2. The van der Waals surface area contributed by atoms with Crippen LogP contribution in [0.15, 0.2) is 77.7 Å². The molecule has 1 N–H and O–H groups in total. The fourth-order valence-corrected chi connectivity index (χ4v) is 3.93. The van der Waals surface area contributed by atoms with E-state index in [1.165, 1.54) is 24.1 Å². The van der Waals surface area contributed by atoms with E-state index in [9.17, 15) is 17.6 Å². The zero-order valence-electron chi connectivity index (χ0n) is 17.7. The summed E-state index contributed by atoms with van der Waals surface area (Å²) in [6, 6.07) is 17.0. The first kappa shape index (κ1) is 24.5. The molecule has 0 saturated carbocycles. The monoisotopic (exact) mass is 492 g/mol. The Bertz CT molecular complexity index is 1190. The molecule has 2 amide bonds. The Balaban J connectivity index is 1.73. The zero-order chi connectivity index (χ0) is 23.8. The van der Waals surface area contributed by atoms with Crippen LogP contribution in [-0.4, -0.2) is 39.6 Å². The summed E-state index contributed by atoms with van der Waals surface area (Å²) in [4.78, 5) is 14.2. The molecule has 0 fully saturated rings. The van der Waals surface area contributed by atoms with E-state index in [2.05, 4.69) is 5.32 Å². The van der Waals surface area contributed by atoms with Crippen molar-refractivity contribution < 1.29 is 26.5 Å².